The summed E-state index contributed by atoms with van der Waals surface area (Å²) in [7, 11) is 1.69. The van der Waals surface area contributed by atoms with Gasteiger partial charge in [-0.15, -0.1) is 23.1 Å². The molecule has 0 aliphatic rings. The van der Waals surface area contributed by atoms with Crippen LogP contribution in [0.5, 0.6) is 0 Å². The molecular weight excluding hydrogens is 252 g/mol. The van der Waals surface area contributed by atoms with E-state index in [4.69, 9.17) is 16.3 Å². The van der Waals surface area contributed by atoms with Gasteiger partial charge in [-0.25, -0.2) is 9.97 Å². The number of rotatable bonds is 4. The lowest BCUT2D eigenvalue weighted by atomic mass is 10.4. The predicted molar refractivity (Wildman–Crippen MR) is 65.0 cm³/mol. The van der Waals surface area contributed by atoms with Gasteiger partial charge in [0.25, 0.3) is 0 Å². The van der Waals surface area contributed by atoms with Crippen LogP contribution in [0.15, 0.2) is 16.5 Å². The average Bonchev–Trinajstić information content (AvgIpc) is 2.65. The SMILES string of the molecule is COCCSc1nc(Cl)nc2sccc12. The lowest BCUT2D eigenvalue weighted by Gasteiger charge is -2.01. The molecular formula is C9H9ClN2OS2. The van der Waals surface area contributed by atoms with Crippen LogP contribution in [-0.4, -0.2) is 29.4 Å². The lowest BCUT2D eigenvalue weighted by molar-refractivity contribution is 0.218. The smallest absolute Gasteiger partial charge is 0.224 e. The molecule has 3 nitrogen and oxygen atoms in total. The number of nitrogens with zero attached hydrogens (tertiary/aromatic N) is 2. The molecule has 2 rings (SSSR count). The second kappa shape index (κ2) is 5.12. The van der Waals surface area contributed by atoms with Gasteiger partial charge in [-0.1, -0.05) is 0 Å². The molecule has 2 aromatic rings. The van der Waals surface area contributed by atoms with E-state index in [2.05, 4.69) is 9.97 Å². The van der Waals surface area contributed by atoms with Gasteiger partial charge >= 0.3 is 0 Å². The first kappa shape index (κ1) is 11.1. The molecule has 2 heterocycles. The molecule has 80 valence electrons. The van der Waals surface area contributed by atoms with Crippen LogP contribution >= 0.6 is 34.7 Å². The van der Waals surface area contributed by atoms with Gasteiger partial charge in [-0.05, 0) is 23.0 Å². The van der Waals surface area contributed by atoms with Crippen LogP contribution in [0.25, 0.3) is 10.2 Å². The third kappa shape index (κ3) is 2.60. The number of thioether (sulfide) groups is 1. The second-order valence-electron chi connectivity index (χ2n) is 2.78. The number of fused-ring (bicyclic) bond motifs is 1. The Bertz CT molecular complexity index is 460. The van der Waals surface area contributed by atoms with Crippen LogP contribution in [0.3, 0.4) is 0 Å². The van der Waals surface area contributed by atoms with Gasteiger partial charge in [-0.3, -0.25) is 0 Å². The summed E-state index contributed by atoms with van der Waals surface area (Å²) in [6.45, 7) is 0.706. The minimum atomic E-state index is 0.310. The van der Waals surface area contributed by atoms with Crippen LogP contribution in [0, 0.1) is 0 Å². The average molecular weight is 261 g/mol. The highest BCUT2D eigenvalue weighted by atomic mass is 35.5. The fourth-order valence-electron chi connectivity index (χ4n) is 1.14. The molecule has 0 unspecified atom stereocenters. The van der Waals surface area contributed by atoms with Gasteiger partial charge in [0.1, 0.15) is 9.86 Å². The monoisotopic (exact) mass is 260 g/mol. The maximum absolute atomic E-state index is 5.83. The minimum Gasteiger partial charge on any atom is -0.384 e. The third-order valence-corrected chi connectivity index (χ3v) is 3.72. The maximum Gasteiger partial charge on any atom is 0.224 e. The molecule has 0 saturated carbocycles. The molecule has 2 aromatic heterocycles. The topological polar surface area (TPSA) is 35.0 Å². The third-order valence-electron chi connectivity index (χ3n) is 1.79. The summed E-state index contributed by atoms with van der Waals surface area (Å²) >= 11 is 9.05. The molecule has 0 aromatic carbocycles. The van der Waals surface area contributed by atoms with Crippen molar-refractivity contribution in [3.63, 3.8) is 0 Å². The van der Waals surface area contributed by atoms with E-state index in [1.165, 1.54) is 0 Å². The van der Waals surface area contributed by atoms with Gasteiger partial charge in [0.15, 0.2) is 0 Å². The summed E-state index contributed by atoms with van der Waals surface area (Å²) in [6.07, 6.45) is 0. The molecule has 0 atom stereocenters. The summed E-state index contributed by atoms with van der Waals surface area (Å²) in [5.41, 5.74) is 0. The van der Waals surface area contributed by atoms with Crippen molar-refractivity contribution in [3.05, 3.63) is 16.7 Å². The van der Waals surface area contributed by atoms with Crippen molar-refractivity contribution < 1.29 is 4.74 Å². The number of ether oxygens (including phenoxy) is 1. The van der Waals surface area contributed by atoms with Gasteiger partial charge in [-0.2, -0.15) is 0 Å². The quantitative estimate of drug-likeness (QED) is 0.366. The van der Waals surface area contributed by atoms with E-state index in [1.807, 2.05) is 11.4 Å². The largest absolute Gasteiger partial charge is 0.384 e. The normalized spacial score (nSPS) is 11.1. The Morgan fingerprint density at radius 1 is 1.53 bits per heavy atom. The van der Waals surface area contributed by atoms with Crippen LogP contribution in [-0.2, 0) is 4.74 Å². The van der Waals surface area contributed by atoms with Gasteiger partial charge < -0.3 is 4.74 Å². The lowest BCUT2D eigenvalue weighted by Crippen LogP contribution is -1.93. The summed E-state index contributed by atoms with van der Waals surface area (Å²) in [4.78, 5) is 9.31. The zero-order valence-electron chi connectivity index (χ0n) is 8.07. The first-order chi connectivity index (χ1) is 7.31. The first-order valence-corrected chi connectivity index (χ1v) is 6.58. The fourth-order valence-corrected chi connectivity index (χ4v) is 3.15. The Morgan fingerprint density at radius 2 is 2.40 bits per heavy atom. The first-order valence-electron chi connectivity index (χ1n) is 4.33. The molecule has 0 amide bonds. The molecule has 0 bridgehead atoms. The van der Waals surface area contributed by atoms with Crippen molar-refractivity contribution in [1.29, 1.82) is 0 Å². The number of halogens is 1. The van der Waals surface area contributed by atoms with Crippen LogP contribution in [0.4, 0.5) is 0 Å². The highest BCUT2D eigenvalue weighted by molar-refractivity contribution is 7.99. The number of hydrogen-bond donors (Lipinski definition) is 0. The van der Waals surface area contributed by atoms with Crippen molar-refractivity contribution in [2.75, 3.05) is 19.5 Å². The highest BCUT2D eigenvalue weighted by Crippen LogP contribution is 2.29. The molecule has 0 spiro atoms. The van der Waals surface area contributed by atoms with E-state index in [0.717, 1.165) is 21.0 Å². The Hall–Kier alpha value is -0.360. The van der Waals surface area contributed by atoms with Crippen molar-refractivity contribution in [3.8, 4) is 0 Å². The number of thiophene rings is 1. The van der Waals surface area contributed by atoms with Crippen LogP contribution in [0.1, 0.15) is 0 Å². The van der Waals surface area contributed by atoms with Gasteiger partial charge in [0.05, 0.1) is 6.61 Å². The second-order valence-corrected chi connectivity index (χ2v) is 5.09. The number of methoxy groups -OCH3 is 1. The Morgan fingerprint density at radius 3 is 3.20 bits per heavy atom. The summed E-state index contributed by atoms with van der Waals surface area (Å²) in [5.74, 6) is 0.870. The summed E-state index contributed by atoms with van der Waals surface area (Å²) in [5, 5.41) is 4.31. The van der Waals surface area contributed by atoms with Crippen LogP contribution in [0.2, 0.25) is 5.28 Å². The standard InChI is InChI=1S/C9H9ClN2OS2/c1-13-3-5-15-8-6-2-4-14-7(6)11-9(10)12-8/h2,4H,3,5H2,1H3. The maximum atomic E-state index is 5.83. The Kier molecular flexibility index (Phi) is 3.80. The van der Waals surface area contributed by atoms with Crippen molar-refractivity contribution in [1.82, 2.24) is 9.97 Å². The van der Waals surface area contributed by atoms with Gasteiger partial charge in [0, 0.05) is 18.2 Å². The van der Waals surface area contributed by atoms with E-state index < -0.39 is 0 Å². The van der Waals surface area contributed by atoms with Crippen molar-refractivity contribution >= 4 is 44.9 Å². The zero-order chi connectivity index (χ0) is 10.7. The zero-order valence-corrected chi connectivity index (χ0v) is 10.5. The summed E-state index contributed by atoms with van der Waals surface area (Å²) in [6, 6.07) is 2.02. The predicted octanol–water partition coefficient (Wildman–Crippen LogP) is 3.08. The van der Waals surface area contributed by atoms with Crippen molar-refractivity contribution in [2.24, 2.45) is 0 Å². The van der Waals surface area contributed by atoms with E-state index in [9.17, 15) is 0 Å². The number of hydrogen-bond acceptors (Lipinski definition) is 5. The molecule has 15 heavy (non-hydrogen) atoms. The minimum absolute atomic E-state index is 0.310. The van der Waals surface area contributed by atoms with E-state index in [-0.39, 0.29) is 0 Å². The Labute approximate surface area is 101 Å². The Balaban J connectivity index is 2.27. The molecule has 0 saturated heterocycles. The fraction of sp³-hybridized carbons (Fsp3) is 0.333. The molecule has 0 fully saturated rings. The van der Waals surface area contributed by atoms with Crippen molar-refractivity contribution in [2.45, 2.75) is 5.03 Å². The van der Waals surface area contributed by atoms with E-state index in [0.29, 0.717) is 11.9 Å². The molecule has 6 heteroatoms. The molecule has 0 radical (unpaired) electrons. The van der Waals surface area contributed by atoms with Crippen LogP contribution < -0.4 is 0 Å². The summed E-state index contributed by atoms with van der Waals surface area (Å²) < 4.78 is 4.99. The van der Waals surface area contributed by atoms with E-state index >= 15 is 0 Å². The van der Waals surface area contributed by atoms with Gasteiger partial charge in [0.2, 0.25) is 5.28 Å². The molecule has 0 aliphatic heterocycles. The highest BCUT2D eigenvalue weighted by Gasteiger charge is 2.07. The molecule has 0 aliphatic carbocycles. The molecule has 0 N–H and O–H groups in total. The van der Waals surface area contributed by atoms with E-state index in [1.54, 1.807) is 30.2 Å². The number of aromatic nitrogens is 2.